The fourth-order valence-electron chi connectivity index (χ4n) is 2.04. The van der Waals surface area contributed by atoms with E-state index < -0.39 is 0 Å². The van der Waals surface area contributed by atoms with Crippen molar-refractivity contribution in [2.24, 2.45) is 0 Å². The Labute approximate surface area is 108 Å². The predicted octanol–water partition coefficient (Wildman–Crippen LogP) is 3.63. The van der Waals surface area contributed by atoms with Crippen LogP contribution in [0.4, 0.5) is 10.3 Å². The van der Waals surface area contributed by atoms with Gasteiger partial charge in [0.2, 0.25) is 5.88 Å². The normalized spacial score (nSPS) is 10.8. The summed E-state index contributed by atoms with van der Waals surface area (Å²) in [6.45, 7) is 1.82. The van der Waals surface area contributed by atoms with E-state index in [1.54, 1.807) is 24.5 Å². The number of benzene rings is 1. The summed E-state index contributed by atoms with van der Waals surface area (Å²) in [5, 5.41) is 3.94. The zero-order chi connectivity index (χ0) is 13.4. The Balaban J connectivity index is 2.22. The highest BCUT2D eigenvalue weighted by Gasteiger charge is 2.20. The molecule has 0 saturated carbocycles. The monoisotopic (exact) mass is 258 g/mol. The number of anilines is 1. The molecule has 5 heteroatoms. The summed E-state index contributed by atoms with van der Waals surface area (Å²) in [6, 6.07) is 7.90. The Morgan fingerprint density at radius 3 is 2.79 bits per heavy atom. The lowest BCUT2D eigenvalue weighted by atomic mass is 10.0. The molecule has 1 aromatic carbocycles. The first kappa shape index (κ1) is 11.5. The molecule has 2 heterocycles. The van der Waals surface area contributed by atoms with Crippen LogP contribution in [0.1, 0.15) is 5.76 Å². The Kier molecular flexibility index (Phi) is 2.59. The fraction of sp³-hybridized carbons (Fsp3) is 0.0714. The highest BCUT2D eigenvalue weighted by atomic mass is 19.1. The van der Waals surface area contributed by atoms with Gasteiger partial charge in [0.15, 0.2) is 0 Å². The third-order valence-corrected chi connectivity index (χ3v) is 2.95. The number of hydrogen-bond acceptors (Lipinski definition) is 4. The number of rotatable bonds is 2. The van der Waals surface area contributed by atoms with Crippen LogP contribution in [0, 0.1) is 12.7 Å². The van der Waals surface area contributed by atoms with Crippen LogP contribution < -0.4 is 5.73 Å². The molecule has 0 aliphatic carbocycles. The summed E-state index contributed by atoms with van der Waals surface area (Å²) in [6.07, 6.45) is 1.56. The molecule has 4 nitrogen and oxygen atoms in total. The van der Waals surface area contributed by atoms with Crippen molar-refractivity contribution in [2.45, 2.75) is 6.92 Å². The lowest BCUT2D eigenvalue weighted by Crippen LogP contribution is -1.88. The second kappa shape index (κ2) is 4.28. The Morgan fingerprint density at radius 1 is 1.26 bits per heavy atom. The van der Waals surface area contributed by atoms with Crippen molar-refractivity contribution in [3.63, 3.8) is 0 Å². The lowest BCUT2D eigenvalue weighted by molar-refractivity contribution is 0.439. The fourth-order valence-corrected chi connectivity index (χ4v) is 2.04. The van der Waals surface area contributed by atoms with Gasteiger partial charge in [-0.1, -0.05) is 17.3 Å². The molecule has 0 bridgehead atoms. The van der Waals surface area contributed by atoms with Crippen LogP contribution in [0.2, 0.25) is 0 Å². The first-order chi connectivity index (χ1) is 9.16. The molecular formula is C14H11FN2O2. The average Bonchev–Trinajstić information content (AvgIpc) is 2.95. The summed E-state index contributed by atoms with van der Waals surface area (Å²) >= 11 is 0. The van der Waals surface area contributed by atoms with Crippen LogP contribution in [0.15, 0.2) is 45.5 Å². The van der Waals surface area contributed by atoms with Gasteiger partial charge in [-0.3, -0.25) is 0 Å². The molecule has 0 atom stereocenters. The third kappa shape index (κ3) is 1.89. The van der Waals surface area contributed by atoms with Crippen molar-refractivity contribution >= 4 is 5.88 Å². The summed E-state index contributed by atoms with van der Waals surface area (Å²) in [5.74, 6) is 0.514. The molecule has 0 fully saturated rings. The zero-order valence-corrected chi connectivity index (χ0v) is 10.2. The molecule has 3 aromatic rings. The molecule has 2 aromatic heterocycles. The lowest BCUT2D eigenvalue weighted by Gasteiger charge is -2.02. The Morgan fingerprint density at radius 2 is 2.11 bits per heavy atom. The van der Waals surface area contributed by atoms with Crippen LogP contribution in [0.5, 0.6) is 0 Å². The molecule has 0 amide bonds. The topological polar surface area (TPSA) is 65.2 Å². The van der Waals surface area contributed by atoms with Gasteiger partial charge in [-0.2, -0.15) is 0 Å². The molecule has 0 radical (unpaired) electrons. The minimum atomic E-state index is -0.340. The van der Waals surface area contributed by atoms with Gasteiger partial charge in [-0.25, -0.2) is 4.39 Å². The summed E-state index contributed by atoms with van der Waals surface area (Å²) in [5.41, 5.74) is 8.32. The van der Waals surface area contributed by atoms with Crippen molar-refractivity contribution < 1.29 is 13.3 Å². The number of nitrogens with two attached hydrogens (primary N) is 1. The van der Waals surface area contributed by atoms with E-state index in [1.807, 2.05) is 6.92 Å². The molecule has 19 heavy (non-hydrogen) atoms. The van der Waals surface area contributed by atoms with Gasteiger partial charge in [-0.05, 0) is 30.7 Å². The van der Waals surface area contributed by atoms with E-state index in [-0.39, 0.29) is 11.7 Å². The summed E-state index contributed by atoms with van der Waals surface area (Å²) in [4.78, 5) is 0. The van der Waals surface area contributed by atoms with E-state index in [9.17, 15) is 4.39 Å². The minimum absolute atomic E-state index is 0.154. The van der Waals surface area contributed by atoms with Crippen LogP contribution in [0.3, 0.4) is 0 Å². The second-order valence-electron chi connectivity index (χ2n) is 4.17. The van der Waals surface area contributed by atoms with E-state index >= 15 is 0 Å². The van der Waals surface area contributed by atoms with Crippen molar-refractivity contribution in [1.29, 1.82) is 0 Å². The molecular weight excluding hydrogens is 247 g/mol. The van der Waals surface area contributed by atoms with Crippen molar-refractivity contribution in [3.05, 3.63) is 48.2 Å². The highest BCUT2D eigenvalue weighted by Crippen LogP contribution is 2.37. The Hall–Kier alpha value is -2.56. The molecule has 0 aliphatic heterocycles. The number of nitrogen functional groups attached to an aromatic ring is 1. The molecule has 0 unspecified atom stereocenters. The number of furan rings is 1. The van der Waals surface area contributed by atoms with Gasteiger partial charge in [0, 0.05) is 5.56 Å². The number of hydrogen-bond donors (Lipinski definition) is 1. The zero-order valence-electron chi connectivity index (χ0n) is 10.2. The van der Waals surface area contributed by atoms with Gasteiger partial charge in [0.25, 0.3) is 0 Å². The summed E-state index contributed by atoms with van der Waals surface area (Å²) in [7, 11) is 0. The first-order valence-corrected chi connectivity index (χ1v) is 5.72. The van der Waals surface area contributed by atoms with Gasteiger partial charge in [-0.15, -0.1) is 0 Å². The maximum atomic E-state index is 13.3. The van der Waals surface area contributed by atoms with Crippen molar-refractivity contribution in [2.75, 3.05) is 5.73 Å². The number of aryl methyl sites for hydroxylation is 1. The molecule has 3 rings (SSSR count). The standard InChI is InChI=1S/C14H11FN2O2/c1-8-11(5-6-18-8)13-12(14(16)19-17-13)9-3-2-4-10(15)7-9/h2-7H,16H2,1H3. The molecule has 0 spiro atoms. The average molecular weight is 258 g/mol. The van der Waals surface area contributed by atoms with E-state index in [1.165, 1.54) is 12.1 Å². The van der Waals surface area contributed by atoms with Crippen LogP contribution in [-0.2, 0) is 0 Å². The van der Waals surface area contributed by atoms with Crippen molar-refractivity contribution in [1.82, 2.24) is 5.16 Å². The Bertz CT molecular complexity index is 731. The quantitative estimate of drug-likeness (QED) is 0.762. The first-order valence-electron chi connectivity index (χ1n) is 5.72. The largest absolute Gasteiger partial charge is 0.469 e. The number of halogens is 1. The van der Waals surface area contributed by atoms with Crippen LogP contribution >= 0.6 is 0 Å². The predicted molar refractivity (Wildman–Crippen MR) is 68.7 cm³/mol. The second-order valence-corrected chi connectivity index (χ2v) is 4.17. The maximum absolute atomic E-state index is 13.3. The van der Waals surface area contributed by atoms with E-state index in [2.05, 4.69) is 5.16 Å². The molecule has 0 aliphatic rings. The minimum Gasteiger partial charge on any atom is -0.469 e. The van der Waals surface area contributed by atoms with Crippen molar-refractivity contribution in [3.8, 4) is 22.4 Å². The maximum Gasteiger partial charge on any atom is 0.230 e. The van der Waals surface area contributed by atoms with Gasteiger partial charge >= 0.3 is 0 Å². The summed E-state index contributed by atoms with van der Waals surface area (Å²) < 4.78 is 23.6. The number of aromatic nitrogens is 1. The molecule has 0 saturated heterocycles. The van der Waals surface area contributed by atoms with E-state index in [0.29, 0.717) is 22.6 Å². The van der Waals surface area contributed by atoms with Gasteiger partial charge in [0.05, 0.1) is 11.8 Å². The van der Waals surface area contributed by atoms with E-state index in [4.69, 9.17) is 14.7 Å². The van der Waals surface area contributed by atoms with E-state index in [0.717, 1.165) is 5.56 Å². The number of nitrogens with zero attached hydrogens (tertiary/aromatic N) is 1. The molecule has 96 valence electrons. The molecule has 2 N–H and O–H groups in total. The highest BCUT2D eigenvalue weighted by molar-refractivity contribution is 5.87. The van der Waals surface area contributed by atoms with Gasteiger partial charge < -0.3 is 14.7 Å². The van der Waals surface area contributed by atoms with Crippen LogP contribution in [0.25, 0.3) is 22.4 Å². The smallest absolute Gasteiger partial charge is 0.230 e. The van der Waals surface area contributed by atoms with Crippen LogP contribution in [-0.4, -0.2) is 5.16 Å². The van der Waals surface area contributed by atoms with Gasteiger partial charge in [0.1, 0.15) is 17.3 Å². The SMILES string of the molecule is Cc1occc1-c1noc(N)c1-c1cccc(F)c1. The third-order valence-electron chi connectivity index (χ3n) is 2.95.